The van der Waals surface area contributed by atoms with E-state index in [1.54, 1.807) is 6.33 Å². The fourth-order valence-electron chi connectivity index (χ4n) is 3.91. The molecule has 3 atom stereocenters. The smallest absolute Gasteiger partial charge is 0.134 e. The lowest BCUT2D eigenvalue weighted by Gasteiger charge is -2.36. The Morgan fingerprint density at radius 2 is 2.23 bits per heavy atom. The minimum absolute atomic E-state index is 0.0680. The molecule has 1 aromatic rings. The van der Waals surface area contributed by atoms with Gasteiger partial charge in [0.2, 0.25) is 0 Å². The van der Waals surface area contributed by atoms with Crippen LogP contribution in [0, 0.1) is 5.92 Å². The second kappa shape index (κ2) is 9.48. The zero-order chi connectivity index (χ0) is 18.4. The molecule has 3 rings (SSSR count). The highest BCUT2D eigenvalue weighted by Crippen LogP contribution is 2.25. The van der Waals surface area contributed by atoms with E-state index >= 15 is 0 Å². The molecule has 3 heterocycles. The van der Waals surface area contributed by atoms with Crippen LogP contribution in [0.5, 0.6) is 0 Å². The van der Waals surface area contributed by atoms with Gasteiger partial charge in [0.25, 0.3) is 0 Å². The van der Waals surface area contributed by atoms with Crippen LogP contribution in [0.2, 0.25) is 0 Å². The number of nitrogens with zero attached hydrogens (tertiary/aromatic N) is 3. The van der Waals surface area contributed by atoms with Crippen molar-refractivity contribution in [3.8, 4) is 0 Å². The van der Waals surface area contributed by atoms with Gasteiger partial charge in [0.1, 0.15) is 18.0 Å². The maximum atomic E-state index is 8.95. The fourth-order valence-corrected chi connectivity index (χ4v) is 3.91. The summed E-state index contributed by atoms with van der Waals surface area (Å²) in [5.41, 5.74) is 0. The van der Waals surface area contributed by atoms with E-state index in [4.69, 9.17) is 14.6 Å². The summed E-state index contributed by atoms with van der Waals surface area (Å²) >= 11 is 0. The summed E-state index contributed by atoms with van der Waals surface area (Å²) in [7, 11) is 0. The van der Waals surface area contributed by atoms with Gasteiger partial charge in [0, 0.05) is 25.8 Å². The van der Waals surface area contributed by atoms with Gasteiger partial charge in [-0.15, -0.1) is 0 Å². The molecule has 26 heavy (non-hydrogen) atoms. The van der Waals surface area contributed by atoms with Crippen molar-refractivity contribution in [3.63, 3.8) is 0 Å². The van der Waals surface area contributed by atoms with Crippen molar-refractivity contribution in [2.75, 3.05) is 43.1 Å². The van der Waals surface area contributed by atoms with Gasteiger partial charge in [0.05, 0.1) is 31.5 Å². The summed E-state index contributed by atoms with van der Waals surface area (Å²) in [6, 6.07) is 2.31. The van der Waals surface area contributed by atoms with E-state index in [1.165, 1.54) is 0 Å². The Morgan fingerprint density at radius 3 is 3.04 bits per heavy atom. The van der Waals surface area contributed by atoms with Gasteiger partial charge in [-0.2, -0.15) is 0 Å². The van der Waals surface area contributed by atoms with Crippen LogP contribution in [0.1, 0.15) is 39.5 Å². The lowest BCUT2D eigenvalue weighted by molar-refractivity contribution is -0.0203. The topological polar surface area (TPSA) is 79.7 Å². The first-order valence-corrected chi connectivity index (χ1v) is 9.85. The highest BCUT2D eigenvalue weighted by Gasteiger charge is 2.29. The third-order valence-corrected chi connectivity index (χ3v) is 5.16. The molecule has 7 nitrogen and oxygen atoms in total. The molecule has 0 amide bonds. The molecule has 2 aliphatic heterocycles. The highest BCUT2D eigenvalue weighted by atomic mass is 16.5. The first-order chi connectivity index (χ1) is 12.7. The van der Waals surface area contributed by atoms with Crippen LogP contribution in [0.3, 0.4) is 0 Å². The Hall–Kier alpha value is -1.44. The number of rotatable bonds is 7. The number of aliphatic hydroxyl groups is 1. The van der Waals surface area contributed by atoms with Gasteiger partial charge in [-0.3, -0.25) is 0 Å². The average Bonchev–Trinajstić information content (AvgIpc) is 2.67. The molecular weight excluding hydrogens is 332 g/mol. The quantitative estimate of drug-likeness (QED) is 0.767. The van der Waals surface area contributed by atoms with Crippen molar-refractivity contribution in [1.82, 2.24) is 9.97 Å². The van der Waals surface area contributed by atoms with Gasteiger partial charge in [-0.05, 0) is 31.6 Å². The number of nitrogens with one attached hydrogen (secondary N) is 1. The summed E-state index contributed by atoms with van der Waals surface area (Å²) in [5.74, 6) is 2.26. The van der Waals surface area contributed by atoms with E-state index < -0.39 is 0 Å². The zero-order valence-corrected chi connectivity index (χ0v) is 15.9. The minimum atomic E-state index is 0.0680. The van der Waals surface area contributed by atoms with E-state index in [1.807, 2.05) is 6.07 Å². The number of ether oxygens (including phenoxy) is 2. The Morgan fingerprint density at radius 1 is 1.35 bits per heavy atom. The van der Waals surface area contributed by atoms with Crippen LogP contribution in [0.15, 0.2) is 12.4 Å². The second-order valence-corrected chi connectivity index (χ2v) is 7.54. The van der Waals surface area contributed by atoms with Crippen molar-refractivity contribution < 1.29 is 14.6 Å². The molecule has 0 aliphatic carbocycles. The molecule has 2 saturated heterocycles. The predicted octanol–water partition coefficient (Wildman–Crippen LogP) is 2.07. The van der Waals surface area contributed by atoms with Crippen LogP contribution >= 0.6 is 0 Å². The predicted molar refractivity (Wildman–Crippen MR) is 102 cm³/mol. The standard InChI is InChI=1S/C19H32N4O3/c1-14(2)19-16(6-4-9-26-19)22-17-11-18(21-13-20-17)23-7-3-5-15(12-23)25-10-8-24/h11,13-16,19,24H,3-10,12H2,1-2H3,(H,20,21,22). The summed E-state index contributed by atoms with van der Waals surface area (Å²) in [6.45, 7) is 7.49. The van der Waals surface area contributed by atoms with Gasteiger partial charge >= 0.3 is 0 Å². The number of anilines is 2. The van der Waals surface area contributed by atoms with E-state index in [-0.39, 0.29) is 24.9 Å². The summed E-state index contributed by atoms with van der Waals surface area (Å²) in [4.78, 5) is 11.1. The van der Waals surface area contributed by atoms with E-state index in [2.05, 4.69) is 34.0 Å². The Labute approximate surface area is 156 Å². The SMILES string of the molecule is CC(C)C1OCCCC1Nc1cc(N2CCCC(OCCO)C2)ncn1. The van der Waals surface area contributed by atoms with Crippen LogP contribution in [0.25, 0.3) is 0 Å². The van der Waals surface area contributed by atoms with Crippen LogP contribution in [0.4, 0.5) is 11.6 Å². The van der Waals surface area contributed by atoms with Crippen molar-refractivity contribution in [2.24, 2.45) is 5.92 Å². The van der Waals surface area contributed by atoms with E-state index in [9.17, 15) is 0 Å². The number of aliphatic hydroxyl groups excluding tert-OH is 1. The van der Waals surface area contributed by atoms with Crippen LogP contribution in [-0.4, -0.2) is 66.2 Å². The van der Waals surface area contributed by atoms with Crippen molar-refractivity contribution in [3.05, 3.63) is 12.4 Å². The minimum Gasteiger partial charge on any atom is -0.394 e. The monoisotopic (exact) mass is 364 g/mol. The molecular formula is C19H32N4O3. The Kier molecular flexibility index (Phi) is 7.05. The van der Waals surface area contributed by atoms with Crippen LogP contribution < -0.4 is 10.2 Å². The Bertz CT molecular complexity index is 557. The van der Waals surface area contributed by atoms with E-state index in [0.29, 0.717) is 12.5 Å². The van der Waals surface area contributed by atoms with Crippen molar-refractivity contribution in [1.29, 1.82) is 0 Å². The highest BCUT2D eigenvalue weighted by molar-refractivity contribution is 5.49. The van der Waals surface area contributed by atoms with Gasteiger partial charge < -0.3 is 24.8 Å². The molecule has 7 heteroatoms. The number of aromatic nitrogens is 2. The number of hydrogen-bond acceptors (Lipinski definition) is 7. The zero-order valence-electron chi connectivity index (χ0n) is 15.9. The summed E-state index contributed by atoms with van der Waals surface area (Å²) in [6.07, 6.45) is 6.27. The maximum Gasteiger partial charge on any atom is 0.134 e. The first-order valence-electron chi connectivity index (χ1n) is 9.85. The second-order valence-electron chi connectivity index (χ2n) is 7.54. The lowest BCUT2D eigenvalue weighted by Crippen LogP contribution is -2.43. The van der Waals surface area contributed by atoms with Crippen molar-refractivity contribution in [2.45, 2.75) is 57.8 Å². The average molecular weight is 364 g/mol. The maximum absolute atomic E-state index is 8.95. The molecule has 2 aliphatic rings. The molecule has 2 N–H and O–H groups in total. The summed E-state index contributed by atoms with van der Waals surface area (Å²) < 4.78 is 11.7. The van der Waals surface area contributed by atoms with Gasteiger partial charge in [0.15, 0.2) is 0 Å². The van der Waals surface area contributed by atoms with Gasteiger partial charge in [-0.25, -0.2) is 9.97 Å². The molecule has 2 fully saturated rings. The number of piperidine rings is 1. The third-order valence-electron chi connectivity index (χ3n) is 5.16. The molecule has 146 valence electrons. The molecule has 0 radical (unpaired) electrons. The lowest BCUT2D eigenvalue weighted by atomic mass is 9.93. The number of hydrogen-bond donors (Lipinski definition) is 2. The third kappa shape index (κ3) is 5.05. The normalized spacial score (nSPS) is 26.9. The molecule has 0 aromatic carbocycles. The molecule has 3 unspecified atom stereocenters. The largest absolute Gasteiger partial charge is 0.394 e. The molecule has 1 aromatic heterocycles. The molecule has 0 bridgehead atoms. The molecule has 0 spiro atoms. The molecule has 0 saturated carbocycles. The van der Waals surface area contributed by atoms with Crippen LogP contribution in [-0.2, 0) is 9.47 Å². The van der Waals surface area contributed by atoms with E-state index in [0.717, 1.165) is 57.0 Å². The summed E-state index contributed by atoms with van der Waals surface area (Å²) in [5, 5.41) is 12.5. The van der Waals surface area contributed by atoms with Crippen molar-refractivity contribution >= 4 is 11.6 Å². The Balaban J connectivity index is 1.64. The first kappa shape index (κ1) is 19.3. The van der Waals surface area contributed by atoms with Gasteiger partial charge in [-0.1, -0.05) is 13.8 Å². The fraction of sp³-hybridized carbons (Fsp3) is 0.789.